The van der Waals surface area contributed by atoms with Gasteiger partial charge in [0.1, 0.15) is 5.82 Å². The molecule has 1 aromatic heterocycles. The lowest BCUT2D eigenvalue weighted by atomic mass is 9.97. The lowest BCUT2D eigenvalue weighted by Crippen LogP contribution is -2.36. The van der Waals surface area contributed by atoms with Gasteiger partial charge in [-0.15, -0.1) is 0 Å². The second-order valence-electron chi connectivity index (χ2n) is 11.3. The quantitative estimate of drug-likeness (QED) is 0.217. The molecule has 8 nitrogen and oxygen atoms in total. The highest BCUT2D eigenvalue weighted by atomic mass is 16.8. The molecule has 3 heterocycles. The number of hydroxylamine groups is 1. The first-order valence-electron chi connectivity index (χ1n) is 15.1. The first kappa shape index (κ1) is 28.6. The molecule has 3 aliphatic rings. The number of aromatic nitrogens is 1. The monoisotopic (exact) mass is 547 g/mol. The summed E-state index contributed by atoms with van der Waals surface area (Å²) in [5, 5.41) is 5.13. The van der Waals surface area contributed by atoms with E-state index in [0.717, 1.165) is 58.3 Å². The van der Waals surface area contributed by atoms with Crippen LogP contribution in [-0.4, -0.2) is 54.1 Å². The van der Waals surface area contributed by atoms with Crippen molar-refractivity contribution in [2.75, 3.05) is 26.2 Å². The minimum absolute atomic E-state index is 0.329. The molecule has 1 aliphatic carbocycles. The van der Waals surface area contributed by atoms with Gasteiger partial charge in [0.25, 0.3) is 5.91 Å². The number of carbonyl (C=O) groups is 1. The Balaban J connectivity index is 1.05. The third-order valence-electron chi connectivity index (χ3n) is 8.62. The van der Waals surface area contributed by atoms with Gasteiger partial charge in [0.2, 0.25) is 0 Å². The van der Waals surface area contributed by atoms with Crippen LogP contribution in [0.4, 0.5) is 0 Å². The summed E-state index contributed by atoms with van der Waals surface area (Å²) >= 11 is 0. The van der Waals surface area contributed by atoms with Gasteiger partial charge in [-0.25, -0.2) is 15.3 Å². The van der Waals surface area contributed by atoms with E-state index in [4.69, 9.17) is 9.57 Å². The largest absolute Gasteiger partial charge is 0.357 e. The molecule has 2 aliphatic heterocycles. The Morgan fingerprint density at radius 1 is 1.12 bits per heavy atom. The van der Waals surface area contributed by atoms with Crippen LogP contribution in [0.1, 0.15) is 76.3 Å². The fourth-order valence-electron chi connectivity index (χ4n) is 6.18. The SMILES string of the molecule is C=C(/N=C\C(=C/C)C(=O)NOC1CCCCO1)N1CCC(CNCc2cn(C3CCCC3)c3ccccc23)CC1. The Kier molecular flexibility index (Phi) is 10.1. The van der Waals surface area contributed by atoms with Crippen LogP contribution in [0, 0.1) is 5.92 Å². The van der Waals surface area contributed by atoms with Gasteiger partial charge in [0.05, 0.1) is 5.57 Å². The van der Waals surface area contributed by atoms with E-state index < -0.39 is 0 Å². The van der Waals surface area contributed by atoms with Crippen molar-refractivity contribution in [2.24, 2.45) is 10.9 Å². The molecular formula is C32H45N5O3. The lowest BCUT2D eigenvalue weighted by Gasteiger charge is -2.33. The molecule has 1 aromatic carbocycles. The number of piperidine rings is 1. The van der Waals surface area contributed by atoms with Crippen LogP contribution in [0.25, 0.3) is 10.9 Å². The number of ether oxygens (including phenoxy) is 1. The summed E-state index contributed by atoms with van der Waals surface area (Å²) in [6, 6.07) is 9.51. The molecule has 2 saturated heterocycles. The predicted molar refractivity (Wildman–Crippen MR) is 160 cm³/mol. The average molecular weight is 548 g/mol. The van der Waals surface area contributed by atoms with Gasteiger partial charge < -0.3 is 19.5 Å². The summed E-state index contributed by atoms with van der Waals surface area (Å²) in [6.07, 6.45) is 15.6. The Morgan fingerprint density at radius 3 is 2.65 bits per heavy atom. The number of hydrogen-bond donors (Lipinski definition) is 2. The zero-order chi connectivity index (χ0) is 27.7. The Hall–Kier alpha value is -2.94. The first-order chi connectivity index (χ1) is 19.6. The molecule has 1 amide bonds. The maximum absolute atomic E-state index is 12.5. The van der Waals surface area contributed by atoms with Gasteiger partial charge in [0, 0.05) is 62.0 Å². The average Bonchev–Trinajstić information content (AvgIpc) is 3.66. The van der Waals surface area contributed by atoms with E-state index in [1.54, 1.807) is 12.3 Å². The first-order valence-corrected chi connectivity index (χ1v) is 15.1. The van der Waals surface area contributed by atoms with Crippen molar-refractivity contribution >= 4 is 23.0 Å². The molecule has 40 heavy (non-hydrogen) atoms. The zero-order valence-electron chi connectivity index (χ0n) is 23.9. The Bertz CT molecular complexity index is 1200. The highest BCUT2D eigenvalue weighted by molar-refractivity contribution is 6.11. The van der Waals surface area contributed by atoms with Crippen molar-refractivity contribution in [2.45, 2.75) is 83.6 Å². The van der Waals surface area contributed by atoms with Crippen LogP contribution in [0.5, 0.6) is 0 Å². The number of fused-ring (bicyclic) bond motifs is 1. The zero-order valence-corrected chi connectivity index (χ0v) is 23.9. The summed E-state index contributed by atoms with van der Waals surface area (Å²) in [5.41, 5.74) is 5.71. The van der Waals surface area contributed by atoms with Gasteiger partial charge in [-0.05, 0) is 69.5 Å². The highest BCUT2D eigenvalue weighted by Crippen LogP contribution is 2.34. The number of allylic oxidation sites excluding steroid dienone is 1. The maximum Gasteiger partial charge on any atom is 0.276 e. The van der Waals surface area contributed by atoms with Crippen LogP contribution in [0.2, 0.25) is 0 Å². The summed E-state index contributed by atoms with van der Waals surface area (Å²) in [7, 11) is 0. The van der Waals surface area contributed by atoms with Gasteiger partial charge in [-0.3, -0.25) is 4.79 Å². The van der Waals surface area contributed by atoms with Crippen molar-refractivity contribution in [3.8, 4) is 0 Å². The summed E-state index contributed by atoms with van der Waals surface area (Å²) < 4.78 is 8.03. The molecule has 1 unspecified atom stereocenters. The van der Waals surface area contributed by atoms with E-state index >= 15 is 0 Å². The molecule has 8 heteroatoms. The molecule has 216 valence electrons. The fraction of sp³-hybridized carbons (Fsp3) is 0.562. The molecule has 0 bridgehead atoms. The number of hydrogen-bond acceptors (Lipinski definition) is 6. The van der Waals surface area contributed by atoms with E-state index in [1.807, 2.05) is 6.92 Å². The molecule has 0 spiro atoms. The minimum Gasteiger partial charge on any atom is -0.357 e. The van der Waals surface area contributed by atoms with Crippen LogP contribution in [-0.2, 0) is 20.9 Å². The van der Waals surface area contributed by atoms with Gasteiger partial charge in [0.15, 0.2) is 6.29 Å². The molecule has 2 aromatic rings. The van der Waals surface area contributed by atoms with Crippen LogP contribution >= 0.6 is 0 Å². The molecule has 0 radical (unpaired) electrons. The van der Waals surface area contributed by atoms with Crippen molar-refractivity contribution in [1.82, 2.24) is 20.3 Å². The molecule has 5 rings (SSSR count). The second kappa shape index (κ2) is 14.1. The number of nitrogens with one attached hydrogen (secondary N) is 2. The molecule has 1 saturated carbocycles. The van der Waals surface area contributed by atoms with E-state index in [9.17, 15) is 4.79 Å². The number of para-hydroxylation sites is 1. The normalized spacial score (nSPS) is 21.5. The van der Waals surface area contributed by atoms with Gasteiger partial charge >= 0.3 is 0 Å². The van der Waals surface area contributed by atoms with E-state index in [1.165, 1.54) is 42.1 Å². The number of aliphatic imine (C=N–C) groups is 1. The van der Waals surface area contributed by atoms with Crippen LogP contribution in [0.3, 0.4) is 0 Å². The number of amides is 1. The van der Waals surface area contributed by atoms with Gasteiger partial charge in [-0.1, -0.05) is 43.7 Å². The minimum atomic E-state index is -0.379. The smallest absolute Gasteiger partial charge is 0.276 e. The number of likely N-dealkylation sites (tertiary alicyclic amines) is 1. The number of carbonyl (C=O) groups excluding carboxylic acids is 1. The standard InChI is InChI=1S/C32H45N5O3/c1-3-26(32(38)35-40-31-14-8-9-19-39-31)22-34-24(2)36-17-15-25(16-18-36)20-33-21-27-23-37(28-10-4-5-11-28)30-13-7-6-12-29(27)30/h3,6-7,12-13,22-23,25,28,31,33H,2,4-5,8-11,14-21H2,1H3,(H,35,38)/b26-3+,34-22-. The van der Waals surface area contributed by atoms with Crippen molar-refractivity contribution < 1.29 is 14.4 Å². The van der Waals surface area contributed by atoms with Crippen molar-refractivity contribution in [1.29, 1.82) is 0 Å². The predicted octanol–water partition coefficient (Wildman–Crippen LogP) is 5.62. The van der Waals surface area contributed by atoms with E-state index in [-0.39, 0.29) is 12.2 Å². The second-order valence-corrected chi connectivity index (χ2v) is 11.3. The maximum atomic E-state index is 12.5. The molecule has 2 N–H and O–H groups in total. The number of benzene rings is 1. The summed E-state index contributed by atoms with van der Waals surface area (Å²) in [4.78, 5) is 24.6. The van der Waals surface area contributed by atoms with E-state index in [0.29, 0.717) is 30.0 Å². The van der Waals surface area contributed by atoms with Crippen LogP contribution < -0.4 is 10.8 Å². The Labute approximate surface area is 238 Å². The molecule has 1 atom stereocenters. The summed E-state index contributed by atoms with van der Waals surface area (Å²) in [6.45, 7) is 10.4. The number of rotatable bonds is 11. The highest BCUT2D eigenvalue weighted by Gasteiger charge is 2.22. The van der Waals surface area contributed by atoms with Gasteiger partial charge in [-0.2, -0.15) is 0 Å². The lowest BCUT2D eigenvalue weighted by molar-refractivity contribution is -0.198. The van der Waals surface area contributed by atoms with E-state index in [2.05, 4.69) is 62.3 Å². The third kappa shape index (κ3) is 7.22. The molecule has 3 fully saturated rings. The third-order valence-corrected chi connectivity index (χ3v) is 8.62. The Morgan fingerprint density at radius 2 is 1.90 bits per heavy atom. The van der Waals surface area contributed by atoms with Crippen molar-refractivity contribution in [3.63, 3.8) is 0 Å². The van der Waals surface area contributed by atoms with Crippen LogP contribution in [0.15, 0.2) is 59.5 Å². The molecular weight excluding hydrogens is 502 g/mol. The van der Waals surface area contributed by atoms with Crippen molar-refractivity contribution in [3.05, 3.63) is 60.1 Å². The summed E-state index contributed by atoms with van der Waals surface area (Å²) in [5.74, 6) is 0.992. The fourth-order valence-corrected chi connectivity index (χ4v) is 6.18. The topological polar surface area (TPSA) is 80.1 Å². The number of nitrogens with zero attached hydrogens (tertiary/aromatic N) is 3.